The molecule has 0 aliphatic carbocycles. The summed E-state index contributed by atoms with van der Waals surface area (Å²) in [6, 6.07) is 2.40. The van der Waals surface area contributed by atoms with Crippen LogP contribution in [-0.2, 0) is 7.05 Å². The van der Waals surface area contributed by atoms with Crippen molar-refractivity contribution in [3.63, 3.8) is 0 Å². The molecule has 3 nitrogen and oxygen atoms in total. The Kier molecular flexibility index (Phi) is 3.97. The third kappa shape index (κ3) is 2.76. The second-order valence-corrected chi connectivity index (χ2v) is 5.27. The van der Waals surface area contributed by atoms with Gasteiger partial charge in [0.15, 0.2) is 0 Å². The molecule has 17 heavy (non-hydrogen) atoms. The largest absolute Gasteiger partial charge is 0.340 e. The van der Waals surface area contributed by atoms with Gasteiger partial charge >= 0.3 is 0 Å². The number of thiophene rings is 1. The molecule has 1 atom stereocenters. The predicted molar refractivity (Wildman–Crippen MR) is 72.4 cm³/mol. The van der Waals surface area contributed by atoms with E-state index in [1.165, 1.54) is 10.4 Å². The zero-order valence-electron chi connectivity index (χ0n) is 10.6. The lowest BCUT2D eigenvalue weighted by Gasteiger charge is -2.16. The molecule has 0 bridgehead atoms. The molecular formula is C13H19N3S. The average Bonchev–Trinajstić information content (AvgIpc) is 2.90. The fourth-order valence-electron chi connectivity index (χ4n) is 1.88. The van der Waals surface area contributed by atoms with Crippen LogP contribution >= 0.6 is 11.3 Å². The highest BCUT2D eigenvalue weighted by Crippen LogP contribution is 2.28. The molecular weight excluding hydrogens is 230 g/mol. The van der Waals surface area contributed by atoms with Gasteiger partial charge in [-0.25, -0.2) is 4.98 Å². The molecule has 2 heterocycles. The smallest absolute Gasteiger partial charge is 0.0947 e. The maximum atomic E-state index is 4.47. The maximum absolute atomic E-state index is 4.47. The highest BCUT2D eigenvalue weighted by molar-refractivity contribution is 7.10. The topological polar surface area (TPSA) is 29.9 Å². The van der Waals surface area contributed by atoms with Crippen molar-refractivity contribution >= 4 is 11.3 Å². The Morgan fingerprint density at radius 3 is 2.88 bits per heavy atom. The summed E-state index contributed by atoms with van der Waals surface area (Å²) in [6.45, 7) is 5.36. The number of nitrogens with one attached hydrogen (secondary N) is 1. The van der Waals surface area contributed by atoms with Crippen molar-refractivity contribution in [2.45, 2.75) is 26.3 Å². The summed E-state index contributed by atoms with van der Waals surface area (Å²) in [5, 5.41) is 5.72. The molecule has 0 saturated heterocycles. The number of hydrogen-bond acceptors (Lipinski definition) is 3. The molecule has 2 aromatic heterocycles. The van der Waals surface area contributed by atoms with Gasteiger partial charge in [-0.1, -0.05) is 6.92 Å². The van der Waals surface area contributed by atoms with E-state index in [1.54, 1.807) is 11.3 Å². The van der Waals surface area contributed by atoms with E-state index in [0.29, 0.717) is 0 Å². The molecule has 0 saturated carbocycles. The first-order valence-electron chi connectivity index (χ1n) is 5.97. The monoisotopic (exact) mass is 249 g/mol. The van der Waals surface area contributed by atoms with Crippen LogP contribution in [0.15, 0.2) is 24.0 Å². The predicted octanol–water partition coefficient (Wildman–Crippen LogP) is 2.88. The first-order chi connectivity index (χ1) is 8.22. The van der Waals surface area contributed by atoms with E-state index in [2.05, 4.69) is 41.8 Å². The number of aromatic nitrogens is 2. The van der Waals surface area contributed by atoms with Gasteiger partial charge in [-0.15, -0.1) is 11.3 Å². The van der Waals surface area contributed by atoms with E-state index in [9.17, 15) is 0 Å². The van der Waals surface area contributed by atoms with Crippen molar-refractivity contribution < 1.29 is 0 Å². The molecule has 0 radical (unpaired) electrons. The molecule has 0 amide bonds. The van der Waals surface area contributed by atoms with Crippen molar-refractivity contribution in [3.05, 3.63) is 40.1 Å². The van der Waals surface area contributed by atoms with Gasteiger partial charge in [-0.05, 0) is 36.9 Å². The van der Waals surface area contributed by atoms with Gasteiger partial charge in [0.2, 0.25) is 0 Å². The number of aryl methyl sites for hydroxylation is 2. The zero-order valence-corrected chi connectivity index (χ0v) is 11.4. The second-order valence-electron chi connectivity index (χ2n) is 4.32. The molecule has 0 aliphatic heterocycles. The van der Waals surface area contributed by atoms with Gasteiger partial charge in [0.25, 0.3) is 0 Å². The molecule has 2 aromatic rings. The second kappa shape index (κ2) is 5.47. The Morgan fingerprint density at radius 1 is 1.53 bits per heavy atom. The lowest BCUT2D eigenvalue weighted by molar-refractivity contribution is 0.593. The molecule has 0 aromatic carbocycles. The minimum atomic E-state index is 0.233. The highest BCUT2D eigenvalue weighted by atomic mass is 32.1. The van der Waals surface area contributed by atoms with Crippen LogP contribution < -0.4 is 5.32 Å². The lowest BCUT2D eigenvalue weighted by Crippen LogP contribution is -2.23. The van der Waals surface area contributed by atoms with Crippen molar-refractivity contribution in [1.82, 2.24) is 14.9 Å². The Bertz CT molecular complexity index is 472. The van der Waals surface area contributed by atoms with E-state index in [1.807, 2.05) is 17.9 Å². The lowest BCUT2D eigenvalue weighted by atomic mass is 10.1. The van der Waals surface area contributed by atoms with Crippen LogP contribution in [0.25, 0.3) is 0 Å². The summed E-state index contributed by atoms with van der Waals surface area (Å²) in [7, 11) is 2.01. The van der Waals surface area contributed by atoms with Crippen LogP contribution in [0.3, 0.4) is 0 Å². The normalized spacial score (nSPS) is 12.9. The quantitative estimate of drug-likeness (QED) is 0.883. The van der Waals surface area contributed by atoms with E-state index in [0.717, 1.165) is 18.7 Å². The molecule has 1 N–H and O–H groups in total. The van der Waals surface area contributed by atoms with Crippen molar-refractivity contribution in [2.24, 2.45) is 7.05 Å². The van der Waals surface area contributed by atoms with Gasteiger partial charge in [0, 0.05) is 18.1 Å². The summed E-state index contributed by atoms with van der Waals surface area (Å²) < 4.78 is 2.00. The molecule has 0 fully saturated rings. The highest BCUT2D eigenvalue weighted by Gasteiger charge is 2.18. The van der Waals surface area contributed by atoms with Crippen LogP contribution in [0.2, 0.25) is 0 Å². The Hall–Kier alpha value is -1.13. The van der Waals surface area contributed by atoms with Crippen molar-refractivity contribution in [2.75, 3.05) is 6.54 Å². The summed E-state index contributed by atoms with van der Waals surface area (Å²) in [4.78, 5) is 5.85. The summed E-state index contributed by atoms with van der Waals surface area (Å²) >= 11 is 1.80. The van der Waals surface area contributed by atoms with E-state index >= 15 is 0 Å². The average molecular weight is 249 g/mol. The Labute approximate surface area is 107 Å². The molecule has 0 spiro atoms. The van der Waals surface area contributed by atoms with Crippen molar-refractivity contribution in [1.29, 1.82) is 0 Å². The summed E-state index contributed by atoms with van der Waals surface area (Å²) in [5.74, 6) is 0. The molecule has 2 rings (SSSR count). The fourth-order valence-corrected chi connectivity index (χ4v) is 2.90. The number of hydrogen-bond donors (Lipinski definition) is 1. The van der Waals surface area contributed by atoms with E-state index in [-0.39, 0.29) is 6.04 Å². The maximum Gasteiger partial charge on any atom is 0.0947 e. The molecule has 92 valence electrons. The van der Waals surface area contributed by atoms with Crippen molar-refractivity contribution in [3.8, 4) is 0 Å². The van der Waals surface area contributed by atoms with Gasteiger partial charge in [-0.2, -0.15) is 0 Å². The van der Waals surface area contributed by atoms with Gasteiger partial charge in [0.05, 0.1) is 18.1 Å². The van der Waals surface area contributed by atoms with Gasteiger partial charge < -0.3 is 9.88 Å². The summed E-state index contributed by atoms with van der Waals surface area (Å²) in [6.07, 6.45) is 5.08. The number of imidazole rings is 1. The summed E-state index contributed by atoms with van der Waals surface area (Å²) in [5.41, 5.74) is 2.45. The van der Waals surface area contributed by atoms with Crippen LogP contribution in [0.4, 0.5) is 0 Å². The Balaban J connectivity index is 2.28. The molecule has 0 aliphatic rings. The van der Waals surface area contributed by atoms with Crippen LogP contribution in [-0.4, -0.2) is 16.1 Å². The van der Waals surface area contributed by atoms with Crippen LogP contribution in [0.1, 0.15) is 35.5 Å². The number of rotatable bonds is 5. The third-order valence-corrected chi connectivity index (χ3v) is 3.87. The van der Waals surface area contributed by atoms with Crippen LogP contribution in [0, 0.1) is 6.92 Å². The molecule has 1 unspecified atom stereocenters. The Morgan fingerprint density at radius 2 is 2.35 bits per heavy atom. The van der Waals surface area contributed by atoms with Crippen LogP contribution in [0.5, 0.6) is 0 Å². The van der Waals surface area contributed by atoms with Gasteiger partial charge in [-0.3, -0.25) is 0 Å². The zero-order chi connectivity index (χ0) is 12.3. The third-order valence-electron chi connectivity index (χ3n) is 2.78. The first-order valence-corrected chi connectivity index (χ1v) is 6.85. The molecule has 4 heteroatoms. The standard InChI is InChI=1S/C13H19N3S/c1-4-6-14-12(11-8-16(3)9-15-11)13-10(2)5-7-17-13/h5,7-9,12,14H,4,6H2,1-3H3. The SMILES string of the molecule is CCCNC(c1cn(C)cn1)c1sccc1C. The minimum Gasteiger partial charge on any atom is -0.340 e. The van der Waals surface area contributed by atoms with E-state index in [4.69, 9.17) is 0 Å². The fraction of sp³-hybridized carbons (Fsp3) is 0.462. The van der Waals surface area contributed by atoms with E-state index < -0.39 is 0 Å². The number of nitrogens with zero attached hydrogens (tertiary/aromatic N) is 2. The van der Waals surface area contributed by atoms with Gasteiger partial charge in [0.1, 0.15) is 0 Å². The first kappa shape index (κ1) is 12.3. The minimum absolute atomic E-state index is 0.233.